The molecule has 0 amide bonds. The molecule has 21 heavy (non-hydrogen) atoms. The highest BCUT2D eigenvalue weighted by atomic mass is 19.4. The molecule has 2 rings (SSSR count). The molecule has 4 nitrogen and oxygen atoms in total. The molecule has 1 N–H and O–H groups in total. The Balaban J connectivity index is 2.02. The minimum absolute atomic E-state index is 0.164. The number of aliphatic carboxylic acids is 1. The van der Waals surface area contributed by atoms with E-state index in [2.05, 4.69) is 0 Å². The van der Waals surface area contributed by atoms with Crippen LogP contribution in [0.5, 0.6) is 0 Å². The van der Waals surface area contributed by atoms with E-state index in [1.54, 1.807) is 11.9 Å². The minimum atomic E-state index is -4.35. The van der Waals surface area contributed by atoms with Gasteiger partial charge in [0.25, 0.3) is 0 Å². The van der Waals surface area contributed by atoms with Crippen molar-refractivity contribution in [3.05, 3.63) is 35.4 Å². The number of hydrogen-bond donors (Lipinski definition) is 1. The van der Waals surface area contributed by atoms with E-state index >= 15 is 0 Å². The number of carboxylic acids is 1. The first-order chi connectivity index (χ1) is 9.79. The Kier molecular flexibility index (Phi) is 4.53. The van der Waals surface area contributed by atoms with Gasteiger partial charge >= 0.3 is 12.1 Å². The first-order valence-electron chi connectivity index (χ1n) is 6.46. The van der Waals surface area contributed by atoms with Crippen molar-refractivity contribution >= 4 is 5.97 Å². The lowest BCUT2D eigenvalue weighted by atomic mass is 10.0. The molecular formula is C14H16F3NO3. The summed E-state index contributed by atoms with van der Waals surface area (Å²) in [4.78, 5) is 12.9. The molecule has 2 unspecified atom stereocenters. The maximum atomic E-state index is 12.5. The number of ether oxygens (including phenoxy) is 1. The summed E-state index contributed by atoms with van der Waals surface area (Å²) in [6.45, 7) is 0.849. The van der Waals surface area contributed by atoms with Crippen molar-refractivity contribution in [3.8, 4) is 0 Å². The Morgan fingerprint density at radius 1 is 1.33 bits per heavy atom. The second kappa shape index (κ2) is 6.03. The first-order valence-corrected chi connectivity index (χ1v) is 6.46. The number of benzene rings is 1. The van der Waals surface area contributed by atoms with E-state index in [1.807, 2.05) is 0 Å². The normalized spacial score (nSPS) is 22.7. The van der Waals surface area contributed by atoms with E-state index in [9.17, 15) is 18.0 Å². The lowest BCUT2D eigenvalue weighted by molar-refractivity contribution is -0.143. The van der Waals surface area contributed by atoms with Crippen LogP contribution in [-0.4, -0.2) is 42.3 Å². The highest BCUT2D eigenvalue weighted by Gasteiger charge is 2.36. The maximum absolute atomic E-state index is 12.5. The van der Waals surface area contributed by atoms with E-state index < -0.39 is 23.6 Å². The summed E-state index contributed by atoms with van der Waals surface area (Å²) in [5.41, 5.74) is 0.00283. The number of likely N-dealkylation sites (N-methyl/N-ethyl adjacent to an activating group) is 1. The van der Waals surface area contributed by atoms with Crippen LogP contribution in [0.4, 0.5) is 13.2 Å². The summed E-state index contributed by atoms with van der Waals surface area (Å²) in [5.74, 6) is -1.53. The molecule has 116 valence electrons. The van der Waals surface area contributed by atoms with Gasteiger partial charge in [0.05, 0.1) is 24.7 Å². The number of carboxylic acid groups (broad SMARTS) is 1. The van der Waals surface area contributed by atoms with Gasteiger partial charge in [-0.05, 0) is 24.7 Å². The highest BCUT2D eigenvalue weighted by Crippen LogP contribution is 2.29. The van der Waals surface area contributed by atoms with E-state index in [1.165, 1.54) is 12.1 Å². The molecule has 1 aromatic rings. The van der Waals surface area contributed by atoms with Crippen LogP contribution in [0.2, 0.25) is 0 Å². The van der Waals surface area contributed by atoms with Crippen molar-refractivity contribution in [2.24, 2.45) is 5.92 Å². The number of halogens is 3. The number of nitrogens with zero attached hydrogens (tertiary/aromatic N) is 1. The molecule has 7 heteroatoms. The van der Waals surface area contributed by atoms with Crippen molar-refractivity contribution in [2.75, 3.05) is 20.3 Å². The Morgan fingerprint density at radius 2 is 1.95 bits per heavy atom. The molecule has 0 radical (unpaired) electrons. The van der Waals surface area contributed by atoms with Gasteiger partial charge in [0.2, 0.25) is 0 Å². The highest BCUT2D eigenvalue weighted by molar-refractivity contribution is 5.71. The van der Waals surface area contributed by atoms with Gasteiger partial charge in [0.1, 0.15) is 0 Å². The smallest absolute Gasteiger partial charge is 0.416 e. The zero-order valence-corrected chi connectivity index (χ0v) is 11.4. The van der Waals surface area contributed by atoms with Gasteiger partial charge in [-0.2, -0.15) is 13.2 Å². The van der Waals surface area contributed by atoms with Crippen molar-refractivity contribution in [1.29, 1.82) is 0 Å². The van der Waals surface area contributed by atoms with Crippen LogP contribution >= 0.6 is 0 Å². The van der Waals surface area contributed by atoms with Crippen LogP contribution in [0.15, 0.2) is 24.3 Å². The molecule has 1 saturated heterocycles. The van der Waals surface area contributed by atoms with E-state index in [0.717, 1.165) is 12.1 Å². The van der Waals surface area contributed by atoms with E-state index in [4.69, 9.17) is 9.84 Å². The van der Waals surface area contributed by atoms with Crippen molar-refractivity contribution in [1.82, 2.24) is 4.90 Å². The predicted octanol–water partition coefficient (Wildman–Crippen LogP) is 2.24. The summed E-state index contributed by atoms with van der Waals surface area (Å²) in [5, 5.41) is 9.09. The third-order valence-corrected chi connectivity index (χ3v) is 3.65. The SMILES string of the molecule is CN(Cc1ccc(C(F)(F)F)cc1)C1COCC1C(=O)O. The summed E-state index contributed by atoms with van der Waals surface area (Å²) < 4.78 is 42.6. The van der Waals surface area contributed by atoms with Crippen LogP contribution in [0, 0.1) is 5.92 Å². The Bertz CT molecular complexity index is 501. The fourth-order valence-electron chi connectivity index (χ4n) is 2.42. The van der Waals surface area contributed by atoms with Gasteiger partial charge in [0, 0.05) is 12.6 Å². The molecule has 0 aliphatic carbocycles. The van der Waals surface area contributed by atoms with Crippen LogP contribution in [0.3, 0.4) is 0 Å². The Labute approximate surface area is 120 Å². The van der Waals surface area contributed by atoms with Crippen LogP contribution in [0.1, 0.15) is 11.1 Å². The monoisotopic (exact) mass is 303 g/mol. The quantitative estimate of drug-likeness (QED) is 0.927. The number of carbonyl (C=O) groups is 1. The van der Waals surface area contributed by atoms with Crippen LogP contribution in [0.25, 0.3) is 0 Å². The Hall–Kier alpha value is -1.60. The van der Waals surface area contributed by atoms with Gasteiger partial charge in [-0.15, -0.1) is 0 Å². The predicted molar refractivity (Wildman–Crippen MR) is 68.6 cm³/mol. The number of hydrogen-bond acceptors (Lipinski definition) is 3. The third-order valence-electron chi connectivity index (χ3n) is 3.65. The molecule has 1 aromatic carbocycles. The lowest BCUT2D eigenvalue weighted by Crippen LogP contribution is -2.40. The van der Waals surface area contributed by atoms with Gasteiger partial charge in [-0.25, -0.2) is 0 Å². The zero-order valence-electron chi connectivity index (χ0n) is 11.4. The summed E-state index contributed by atoms with van der Waals surface area (Å²) in [6, 6.07) is 4.60. The van der Waals surface area contributed by atoms with Crippen molar-refractivity contribution < 1.29 is 27.8 Å². The lowest BCUT2D eigenvalue weighted by Gasteiger charge is -2.26. The molecule has 0 saturated carbocycles. The number of rotatable bonds is 4. The molecule has 0 aromatic heterocycles. The van der Waals surface area contributed by atoms with Gasteiger partial charge in [-0.1, -0.05) is 12.1 Å². The van der Waals surface area contributed by atoms with E-state index in [-0.39, 0.29) is 12.6 Å². The van der Waals surface area contributed by atoms with Crippen LogP contribution in [-0.2, 0) is 22.3 Å². The molecule has 1 fully saturated rings. The largest absolute Gasteiger partial charge is 0.481 e. The van der Waals surface area contributed by atoms with Crippen LogP contribution < -0.4 is 0 Å². The fourth-order valence-corrected chi connectivity index (χ4v) is 2.42. The Morgan fingerprint density at radius 3 is 2.48 bits per heavy atom. The molecule has 2 atom stereocenters. The third kappa shape index (κ3) is 3.74. The van der Waals surface area contributed by atoms with Crippen molar-refractivity contribution in [3.63, 3.8) is 0 Å². The minimum Gasteiger partial charge on any atom is -0.481 e. The van der Waals surface area contributed by atoms with Crippen molar-refractivity contribution in [2.45, 2.75) is 18.8 Å². The molecule has 1 aliphatic heterocycles. The number of alkyl halides is 3. The average Bonchev–Trinajstić information content (AvgIpc) is 2.87. The average molecular weight is 303 g/mol. The summed E-state index contributed by atoms with van der Waals surface area (Å²) in [6.07, 6.45) is -4.35. The second-order valence-electron chi connectivity index (χ2n) is 5.16. The zero-order chi connectivity index (χ0) is 15.6. The molecule has 0 spiro atoms. The molecule has 1 aliphatic rings. The molecule has 1 heterocycles. The van der Waals surface area contributed by atoms with E-state index in [0.29, 0.717) is 18.7 Å². The summed E-state index contributed by atoms with van der Waals surface area (Å²) >= 11 is 0. The first kappa shape index (κ1) is 15.8. The molecule has 0 bridgehead atoms. The summed E-state index contributed by atoms with van der Waals surface area (Å²) in [7, 11) is 1.74. The fraction of sp³-hybridized carbons (Fsp3) is 0.500. The second-order valence-corrected chi connectivity index (χ2v) is 5.16. The standard InChI is InChI=1S/C14H16F3NO3/c1-18(12-8-21-7-11(12)13(19)20)6-9-2-4-10(5-3-9)14(15,16)17/h2-5,11-12H,6-8H2,1H3,(H,19,20). The van der Waals surface area contributed by atoms with Gasteiger partial charge in [0.15, 0.2) is 0 Å². The maximum Gasteiger partial charge on any atom is 0.416 e. The molecular weight excluding hydrogens is 287 g/mol. The van der Waals surface area contributed by atoms with Gasteiger partial charge < -0.3 is 9.84 Å². The van der Waals surface area contributed by atoms with Gasteiger partial charge in [-0.3, -0.25) is 9.69 Å². The topological polar surface area (TPSA) is 49.8 Å².